The van der Waals surface area contributed by atoms with Gasteiger partial charge in [0.2, 0.25) is 0 Å². The van der Waals surface area contributed by atoms with Crippen LogP contribution in [-0.2, 0) is 0 Å². The summed E-state index contributed by atoms with van der Waals surface area (Å²) in [4.78, 5) is 3.09. The number of alkyl halides is 2. The molecule has 0 aliphatic carbocycles. The van der Waals surface area contributed by atoms with Crippen molar-refractivity contribution in [3.8, 4) is 11.6 Å². The van der Waals surface area contributed by atoms with Crippen molar-refractivity contribution >= 4 is 0 Å². The summed E-state index contributed by atoms with van der Waals surface area (Å²) in [5.74, 6) is -2.43. The topological polar surface area (TPSA) is 42.4 Å². The van der Waals surface area contributed by atoms with Crippen molar-refractivity contribution in [2.75, 3.05) is 7.11 Å². The van der Waals surface area contributed by atoms with Crippen LogP contribution in [0.15, 0.2) is 6.07 Å². The molecule has 0 unspecified atom stereocenters. The zero-order valence-electron chi connectivity index (χ0n) is 6.59. The molecule has 1 N–H and O–H groups in total. The standard InChI is InChI=1S/C7H6F3NO2/c1-13-7-3(8)2-4(12)5(11-7)6(9)10/h2,6,12H,1H3. The van der Waals surface area contributed by atoms with E-state index in [1.807, 2.05) is 0 Å². The Bertz CT molecular complexity index is 317. The molecule has 13 heavy (non-hydrogen) atoms. The molecular weight excluding hydrogens is 187 g/mol. The Morgan fingerprint density at radius 2 is 2.15 bits per heavy atom. The minimum Gasteiger partial charge on any atom is -0.506 e. The molecule has 6 heteroatoms. The Labute approximate surface area is 71.8 Å². The van der Waals surface area contributed by atoms with Crippen LogP contribution in [0.4, 0.5) is 13.2 Å². The van der Waals surface area contributed by atoms with Crippen molar-refractivity contribution < 1.29 is 23.0 Å². The molecule has 3 nitrogen and oxygen atoms in total. The third-order valence-electron chi connectivity index (χ3n) is 1.35. The minimum absolute atomic E-state index is 0.535. The maximum atomic E-state index is 12.7. The molecule has 72 valence electrons. The van der Waals surface area contributed by atoms with E-state index in [0.717, 1.165) is 7.11 Å². The van der Waals surface area contributed by atoms with Crippen molar-refractivity contribution in [1.82, 2.24) is 4.98 Å². The van der Waals surface area contributed by atoms with Gasteiger partial charge in [-0.2, -0.15) is 0 Å². The molecular formula is C7H6F3NO2. The number of nitrogens with zero attached hydrogens (tertiary/aromatic N) is 1. The van der Waals surface area contributed by atoms with Crippen LogP contribution in [0.1, 0.15) is 12.1 Å². The van der Waals surface area contributed by atoms with Crippen LogP contribution in [-0.4, -0.2) is 17.2 Å². The minimum atomic E-state index is -2.96. The number of aromatic hydroxyl groups is 1. The molecule has 0 radical (unpaired) electrons. The van der Waals surface area contributed by atoms with Crippen LogP contribution in [0.5, 0.6) is 11.6 Å². The number of halogens is 3. The van der Waals surface area contributed by atoms with Crippen molar-refractivity contribution in [1.29, 1.82) is 0 Å². The predicted molar refractivity (Wildman–Crippen MR) is 37.4 cm³/mol. The molecule has 0 bridgehead atoms. The molecule has 1 heterocycles. The average molecular weight is 193 g/mol. The van der Waals surface area contributed by atoms with Crippen LogP contribution in [0.3, 0.4) is 0 Å². The molecule has 0 aromatic carbocycles. The Morgan fingerprint density at radius 3 is 2.62 bits per heavy atom. The Hall–Kier alpha value is -1.46. The van der Waals surface area contributed by atoms with Crippen molar-refractivity contribution in [3.63, 3.8) is 0 Å². The van der Waals surface area contributed by atoms with Gasteiger partial charge in [-0.1, -0.05) is 0 Å². The monoisotopic (exact) mass is 193 g/mol. The van der Waals surface area contributed by atoms with Crippen LogP contribution in [0.25, 0.3) is 0 Å². The molecule has 0 aliphatic rings. The summed E-state index contributed by atoms with van der Waals surface area (Å²) in [6, 6.07) is 0.535. The molecule has 0 saturated heterocycles. The van der Waals surface area contributed by atoms with Gasteiger partial charge in [0.05, 0.1) is 7.11 Å². The molecule has 0 saturated carbocycles. The SMILES string of the molecule is COc1nc(C(F)F)c(O)cc1F. The van der Waals surface area contributed by atoms with Crippen molar-refractivity contribution in [3.05, 3.63) is 17.6 Å². The lowest BCUT2D eigenvalue weighted by Crippen LogP contribution is -1.97. The second kappa shape index (κ2) is 3.51. The Morgan fingerprint density at radius 1 is 1.54 bits per heavy atom. The normalized spacial score (nSPS) is 10.5. The van der Waals surface area contributed by atoms with Crippen LogP contribution >= 0.6 is 0 Å². The van der Waals surface area contributed by atoms with Gasteiger partial charge in [-0.15, -0.1) is 0 Å². The molecule has 1 aromatic rings. The number of hydrogen-bond acceptors (Lipinski definition) is 3. The highest BCUT2D eigenvalue weighted by Crippen LogP contribution is 2.29. The third kappa shape index (κ3) is 1.82. The summed E-state index contributed by atoms with van der Waals surface area (Å²) in [5, 5.41) is 8.84. The van der Waals surface area contributed by atoms with Gasteiger partial charge < -0.3 is 9.84 Å². The first-order chi connectivity index (χ1) is 6.06. The van der Waals surface area contributed by atoms with E-state index >= 15 is 0 Å². The van der Waals surface area contributed by atoms with Crippen LogP contribution in [0.2, 0.25) is 0 Å². The van der Waals surface area contributed by atoms with E-state index in [1.165, 1.54) is 0 Å². The molecule has 0 spiro atoms. The second-order valence-corrected chi connectivity index (χ2v) is 2.18. The lowest BCUT2D eigenvalue weighted by molar-refractivity contribution is 0.140. The van der Waals surface area contributed by atoms with E-state index in [4.69, 9.17) is 5.11 Å². The molecule has 0 aliphatic heterocycles. The molecule has 0 amide bonds. The van der Waals surface area contributed by atoms with Crippen LogP contribution < -0.4 is 4.74 Å². The summed E-state index contributed by atoms with van der Waals surface area (Å²) in [7, 11) is 1.09. The van der Waals surface area contributed by atoms with Gasteiger partial charge in [0, 0.05) is 6.07 Å². The maximum absolute atomic E-state index is 12.7. The molecule has 1 aromatic heterocycles. The second-order valence-electron chi connectivity index (χ2n) is 2.18. The number of rotatable bonds is 2. The molecule has 1 rings (SSSR count). The first kappa shape index (κ1) is 9.63. The van der Waals surface area contributed by atoms with E-state index in [-0.39, 0.29) is 0 Å². The van der Waals surface area contributed by atoms with Gasteiger partial charge in [-0.25, -0.2) is 18.2 Å². The zero-order chi connectivity index (χ0) is 10.0. The molecule has 0 fully saturated rings. The summed E-state index contributed by atoms with van der Waals surface area (Å²) in [6.45, 7) is 0. The van der Waals surface area contributed by atoms with Gasteiger partial charge >= 0.3 is 0 Å². The lowest BCUT2D eigenvalue weighted by Gasteiger charge is -2.05. The van der Waals surface area contributed by atoms with Gasteiger partial charge in [-0.05, 0) is 0 Å². The van der Waals surface area contributed by atoms with Crippen LogP contribution in [0, 0.1) is 5.82 Å². The summed E-state index contributed by atoms with van der Waals surface area (Å²) < 4.78 is 41.2. The fourth-order valence-corrected chi connectivity index (χ4v) is 0.780. The number of methoxy groups -OCH3 is 1. The fourth-order valence-electron chi connectivity index (χ4n) is 0.780. The quantitative estimate of drug-likeness (QED) is 0.779. The van der Waals surface area contributed by atoms with Crippen molar-refractivity contribution in [2.24, 2.45) is 0 Å². The fraction of sp³-hybridized carbons (Fsp3) is 0.286. The Kier molecular flexibility index (Phi) is 2.60. The van der Waals surface area contributed by atoms with Gasteiger partial charge in [0.1, 0.15) is 5.75 Å². The highest BCUT2D eigenvalue weighted by molar-refractivity contribution is 5.32. The average Bonchev–Trinajstić information content (AvgIpc) is 2.03. The van der Waals surface area contributed by atoms with Gasteiger partial charge in [0.15, 0.2) is 11.5 Å². The molecule has 0 atom stereocenters. The van der Waals surface area contributed by atoms with E-state index in [9.17, 15) is 13.2 Å². The largest absolute Gasteiger partial charge is 0.506 e. The van der Waals surface area contributed by atoms with E-state index in [0.29, 0.717) is 6.07 Å². The predicted octanol–water partition coefficient (Wildman–Crippen LogP) is 1.87. The van der Waals surface area contributed by atoms with E-state index in [1.54, 1.807) is 0 Å². The number of ether oxygens (including phenoxy) is 1. The smallest absolute Gasteiger partial charge is 0.284 e. The first-order valence-electron chi connectivity index (χ1n) is 3.27. The lowest BCUT2D eigenvalue weighted by atomic mass is 10.3. The number of pyridine rings is 1. The summed E-state index contributed by atoms with van der Waals surface area (Å²) in [6.07, 6.45) is -2.96. The summed E-state index contributed by atoms with van der Waals surface area (Å²) >= 11 is 0. The number of hydrogen-bond donors (Lipinski definition) is 1. The highest BCUT2D eigenvalue weighted by atomic mass is 19.3. The third-order valence-corrected chi connectivity index (χ3v) is 1.35. The van der Waals surface area contributed by atoms with Gasteiger partial charge in [0.25, 0.3) is 12.3 Å². The summed E-state index contributed by atoms with van der Waals surface area (Å²) in [5.41, 5.74) is -0.891. The number of aromatic nitrogens is 1. The maximum Gasteiger partial charge on any atom is 0.284 e. The van der Waals surface area contributed by atoms with E-state index < -0.39 is 29.6 Å². The van der Waals surface area contributed by atoms with Crippen molar-refractivity contribution in [2.45, 2.75) is 6.43 Å². The highest BCUT2D eigenvalue weighted by Gasteiger charge is 2.18. The first-order valence-corrected chi connectivity index (χ1v) is 3.27. The Balaban J connectivity index is 3.22. The van der Waals surface area contributed by atoms with Gasteiger partial charge in [-0.3, -0.25) is 0 Å². The van der Waals surface area contributed by atoms with E-state index in [2.05, 4.69) is 9.72 Å². The zero-order valence-corrected chi connectivity index (χ0v) is 6.59.